The van der Waals surface area contributed by atoms with E-state index >= 15 is 0 Å². The average molecular weight is 944 g/mol. The Bertz CT molecular complexity index is 2720. The van der Waals surface area contributed by atoms with Crippen LogP contribution in [0.25, 0.3) is 10.8 Å². The van der Waals surface area contributed by atoms with E-state index in [-0.39, 0.29) is 31.9 Å². The molecule has 0 fully saturated rings. The van der Waals surface area contributed by atoms with E-state index < -0.39 is 59.6 Å². The molecule has 7 aromatic rings. The van der Waals surface area contributed by atoms with Crippen molar-refractivity contribution in [2.75, 3.05) is 19.7 Å². The van der Waals surface area contributed by atoms with Gasteiger partial charge in [-0.15, -0.1) is 15.0 Å². The number of esters is 1. The van der Waals surface area contributed by atoms with Gasteiger partial charge < -0.3 is 30.1 Å². The van der Waals surface area contributed by atoms with Gasteiger partial charge in [0, 0.05) is 18.5 Å². The molecule has 0 spiro atoms. The van der Waals surface area contributed by atoms with Crippen LogP contribution in [0.1, 0.15) is 80.3 Å². The molecule has 1 unspecified atom stereocenters. The molecule has 3 N–H and O–H groups in total. The number of carbonyl (C=O) groups is 4. The Morgan fingerprint density at radius 3 is 1.84 bits per heavy atom. The second-order valence-electron chi connectivity index (χ2n) is 18.6. The maximum absolute atomic E-state index is 14.8. The van der Waals surface area contributed by atoms with Crippen molar-refractivity contribution in [2.24, 2.45) is 5.92 Å². The highest BCUT2D eigenvalue weighted by atomic mass is 16.6. The predicted molar refractivity (Wildman–Crippen MR) is 268 cm³/mol. The van der Waals surface area contributed by atoms with Crippen molar-refractivity contribution in [3.8, 4) is 5.75 Å². The number of carbonyl (C=O) groups excluding carboxylic acids is 4. The van der Waals surface area contributed by atoms with Crippen molar-refractivity contribution in [3.63, 3.8) is 0 Å². The van der Waals surface area contributed by atoms with Gasteiger partial charge in [-0.05, 0) is 90.1 Å². The molecule has 0 saturated carbocycles. The van der Waals surface area contributed by atoms with Gasteiger partial charge in [0.2, 0.25) is 11.8 Å². The first-order valence-electron chi connectivity index (χ1n) is 23.6. The lowest BCUT2D eigenvalue weighted by Gasteiger charge is -2.34. The van der Waals surface area contributed by atoms with E-state index in [1.165, 1.54) is 4.90 Å². The quantitative estimate of drug-likeness (QED) is 0.0482. The zero-order valence-corrected chi connectivity index (χ0v) is 40.3. The van der Waals surface area contributed by atoms with Crippen LogP contribution in [0.15, 0.2) is 164 Å². The van der Waals surface area contributed by atoms with Crippen molar-refractivity contribution in [1.82, 2.24) is 35.7 Å². The number of fused-ring (bicyclic) bond motifs is 1. The number of amides is 3. The number of aromatic nitrogens is 4. The normalized spacial score (nSPS) is 13.0. The lowest BCUT2D eigenvalue weighted by molar-refractivity contribution is -0.156. The second-order valence-corrected chi connectivity index (χ2v) is 18.6. The number of aryl methyl sites for hydroxylation is 1. The van der Waals surface area contributed by atoms with Gasteiger partial charge in [-0.1, -0.05) is 153 Å². The van der Waals surface area contributed by atoms with Crippen LogP contribution in [0.3, 0.4) is 0 Å². The van der Waals surface area contributed by atoms with E-state index in [2.05, 4.69) is 20.9 Å². The number of tetrazole rings is 1. The number of aliphatic hydroxyl groups excluding tert-OH is 1. The number of aliphatic hydroxyl groups is 1. The number of nitrogens with one attached hydrogen (secondary N) is 2. The molecule has 14 heteroatoms. The Morgan fingerprint density at radius 2 is 1.27 bits per heavy atom. The van der Waals surface area contributed by atoms with Crippen molar-refractivity contribution in [2.45, 2.75) is 83.2 Å². The van der Waals surface area contributed by atoms with E-state index in [9.17, 15) is 24.3 Å². The fourth-order valence-corrected chi connectivity index (χ4v) is 8.42. The maximum atomic E-state index is 14.8. The van der Waals surface area contributed by atoms with E-state index in [0.717, 1.165) is 27.5 Å². The first-order valence-corrected chi connectivity index (χ1v) is 23.6. The van der Waals surface area contributed by atoms with E-state index in [0.29, 0.717) is 23.6 Å². The summed E-state index contributed by atoms with van der Waals surface area (Å²) in [7, 11) is 0. The summed E-state index contributed by atoms with van der Waals surface area (Å²) in [5, 5.41) is 33.2. The smallest absolute Gasteiger partial charge is 0.308 e. The summed E-state index contributed by atoms with van der Waals surface area (Å²) in [6.07, 6.45) is -1.14. The summed E-state index contributed by atoms with van der Waals surface area (Å²) in [6, 6.07) is 49.6. The Hall–Kier alpha value is -7.71. The molecule has 7 rings (SSSR count). The standard InChI is InChI=1S/C56H61N7O7/c1-39(2)52(58-53(67)42-33-32-40-21-18-19-22-41(40)35-42)54(68)62(37-50(65)57-47(36-51(66)70-55(3,4)5)48(64)38-69-46-29-16-9-17-30-46)34-20-31-49-59-61-63(60-49)56(43-23-10-6-11-24-43,44-25-12-7-13-26-44)45-27-14-8-15-28-45/h6-19,21-30,32-33,35,39,47-48,52,64H,20,31,34,36-38H2,1-5H3,(H,57,65)(H,58,67)/t47-,48?,52-/m0/s1. The summed E-state index contributed by atoms with van der Waals surface area (Å²) in [4.78, 5) is 59.0. The molecule has 3 amide bonds. The van der Waals surface area contributed by atoms with Crippen molar-refractivity contribution < 1.29 is 33.8 Å². The number of nitrogens with zero attached hydrogens (tertiary/aromatic N) is 5. The first kappa shape index (κ1) is 50.2. The Labute approximate surface area is 409 Å². The number of para-hydroxylation sites is 1. The Balaban J connectivity index is 1.15. The van der Waals surface area contributed by atoms with Gasteiger partial charge in [-0.2, -0.15) is 0 Å². The SMILES string of the molecule is CC(C)[C@H](NC(=O)c1ccc2ccccc2c1)C(=O)N(CCCc1nnn(C(c2ccccc2)(c2ccccc2)c2ccccc2)n1)CC(=O)N[C@@H](CC(=O)OC(C)(C)C)C(O)COc1ccccc1. The molecule has 0 aliphatic heterocycles. The topological polar surface area (TPSA) is 178 Å². The predicted octanol–water partition coefficient (Wildman–Crippen LogP) is 7.54. The van der Waals surface area contributed by atoms with Gasteiger partial charge in [0.05, 0.1) is 19.0 Å². The highest BCUT2D eigenvalue weighted by Gasteiger charge is 2.41. The highest BCUT2D eigenvalue weighted by Crippen LogP contribution is 2.39. The minimum Gasteiger partial charge on any atom is -0.491 e. The third kappa shape index (κ3) is 12.7. The number of hydrogen-bond acceptors (Lipinski definition) is 10. The fourth-order valence-electron chi connectivity index (χ4n) is 8.42. The van der Waals surface area contributed by atoms with Crippen LogP contribution < -0.4 is 15.4 Å². The molecule has 0 radical (unpaired) electrons. The molecule has 1 heterocycles. The maximum Gasteiger partial charge on any atom is 0.308 e. The Kier molecular flexibility index (Phi) is 16.5. The van der Waals surface area contributed by atoms with Crippen molar-refractivity contribution in [3.05, 3.63) is 192 Å². The summed E-state index contributed by atoms with van der Waals surface area (Å²) in [6.45, 7) is 8.15. The van der Waals surface area contributed by atoms with Gasteiger partial charge >= 0.3 is 5.97 Å². The summed E-state index contributed by atoms with van der Waals surface area (Å²) >= 11 is 0. The van der Waals surface area contributed by atoms with Crippen LogP contribution in [-0.4, -0.2) is 97.4 Å². The van der Waals surface area contributed by atoms with Crippen molar-refractivity contribution >= 4 is 34.5 Å². The van der Waals surface area contributed by atoms with Crippen LogP contribution in [0.4, 0.5) is 0 Å². The molecule has 0 aliphatic carbocycles. The molecule has 3 atom stereocenters. The average Bonchev–Trinajstić information content (AvgIpc) is 3.83. The van der Waals surface area contributed by atoms with Crippen LogP contribution in [0, 0.1) is 5.92 Å². The fraction of sp³-hybridized carbons (Fsp3) is 0.304. The van der Waals surface area contributed by atoms with Crippen LogP contribution in [-0.2, 0) is 31.1 Å². The number of benzene rings is 6. The molecule has 0 bridgehead atoms. The molecular weight excluding hydrogens is 883 g/mol. The van der Waals surface area contributed by atoms with Gasteiger partial charge in [0.1, 0.15) is 30.1 Å². The summed E-state index contributed by atoms with van der Waals surface area (Å²) in [5.41, 5.74) is 1.33. The summed E-state index contributed by atoms with van der Waals surface area (Å²) in [5.74, 6) is -1.71. The number of hydrogen-bond donors (Lipinski definition) is 3. The lowest BCUT2D eigenvalue weighted by atomic mass is 9.77. The van der Waals surface area contributed by atoms with Gasteiger partial charge in [-0.3, -0.25) is 19.2 Å². The molecule has 0 saturated heterocycles. The van der Waals surface area contributed by atoms with Crippen LogP contribution in [0.2, 0.25) is 0 Å². The number of rotatable bonds is 21. The molecule has 70 heavy (non-hydrogen) atoms. The minimum atomic E-state index is -1.34. The Morgan fingerprint density at radius 1 is 0.714 bits per heavy atom. The third-order valence-corrected chi connectivity index (χ3v) is 11.8. The highest BCUT2D eigenvalue weighted by molar-refractivity contribution is 6.01. The van der Waals surface area contributed by atoms with Crippen LogP contribution in [0.5, 0.6) is 5.75 Å². The van der Waals surface area contributed by atoms with Gasteiger partial charge in [-0.25, -0.2) is 0 Å². The van der Waals surface area contributed by atoms with E-state index in [1.54, 1.807) is 62.0 Å². The summed E-state index contributed by atoms with van der Waals surface area (Å²) < 4.78 is 11.4. The largest absolute Gasteiger partial charge is 0.491 e. The van der Waals surface area contributed by atoms with Crippen molar-refractivity contribution in [1.29, 1.82) is 0 Å². The molecular formula is C56H61N7O7. The molecule has 362 valence electrons. The zero-order valence-electron chi connectivity index (χ0n) is 40.3. The second kappa shape index (κ2) is 23.1. The molecule has 14 nitrogen and oxygen atoms in total. The van der Waals surface area contributed by atoms with E-state index in [4.69, 9.17) is 14.6 Å². The lowest BCUT2D eigenvalue weighted by Crippen LogP contribution is -2.55. The zero-order chi connectivity index (χ0) is 49.7. The molecule has 1 aromatic heterocycles. The van der Waals surface area contributed by atoms with E-state index in [1.807, 2.05) is 141 Å². The number of ether oxygens (including phenoxy) is 2. The van der Waals surface area contributed by atoms with Gasteiger partial charge in [0.25, 0.3) is 5.91 Å². The molecule has 6 aromatic carbocycles. The minimum absolute atomic E-state index is 0.0491. The monoisotopic (exact) mass is 943 g/mol. The van der Waals surface area contributed by atoms with Gasteiger partial charge in [0.15, 0.2) is 11.4 Å². The first-order chi connectivity index (χ1) is 33.7. The van der Waals surface area contributed by atoms with Crippen LogP contribution >= 0.6 is 0 Å². The third-order valence-electron chi connectivity index (χ3n) is 11.8. The molecule has 0 aliphatic rings.